The first-order chi connectivity index (χ1) is 17.9. The molecule has 0 atom stereocenters. The van der Waals surface area contributed by atoms with Crippen molar-refractivity contribution < 1.29 is 19.1 Å². The maximum atomic E-state index is 12.1. The summed E-state index contributed by atoms with van der Waals surface area (Å²) in [5.74, 6) is 0.936. The number of amides is 2. The standard InChI is InChI=1S/C31H30N2O4/c1-31(2,25-13-17-27(18-14-25)36-29(34)32-21-23-9-5-3-6-10-23)26-15-19-28(20-16-26)37-30(35)33-22-24-11-7-4-8-12-24/h3-20H,21-22H2,1-2H3,(H,32,34)(H,33,35). The van der Waals surface area contributed by atoms with Crippen LogP contribution in [0, 0.1) is 0 Å². The van der Waals surface area contributed by atoms with Crippen molar-refractivity contribution in [3.05, 3.63) is 131 Å². The summed E-state index contributed by atoms with van der Waals surface area (Å²) in [7, 11) is 0. The summed E-state index contributed by atoms with van der Waals surface area (Å²) in [6.07, 6.45) is -1.00. The molecule has 2 amide bonds. The topological polar surface area (TPSA) is 76.7 Å². The lowest BCUT2D eigenvalue weighted by atomic mass is 9.78. The molecule has 0 radical (unpaired) electrons. The number of carbonyl (C=O) groups excluding carboxylic acids is 2. The minimum atomic E-state index is -0.501. The number of hydrogen-bond acceptors (Lipinski definition) is 4. The van der Waals surface area contributed by atoms with Gasteiger partial charge < -0.3 is 20.1 Å². The van der Waals surface area contributed by atoms with E-state index < -0.39 is 12.2 Å². The largest absolute Gasteiger partial charge is 0.412 e. The van der Waals surface area contributed by atoms with E-state index in [2.05, 4.69) is 24.5 Å². The van der Waals surface area contributed by atoms with Crippen LogP contribution in [0.2, 0.25) is 0 Å². The van der Waals surface area contributed by atoms with E-state index in [0.717, 1.165) is 22.3 Å². The maximum absolute atomic E-state index is 12.1. The molecule has 188 valence electrons. The Balaban J connectivity index is 1.30. The number of benzene rings is 4. The minimum Gasteiger partial charge on any atom is -0.410 e. The Labute approximate surface area is 217 Å². The van der Waals surface area contributed by atoms with E-state index in [1.807, 2.05) is 84.9 Å². The van der Waals surface area contributed by atoms with Crippen LogP contribution >= 0.6 is 0 Å². The molecule has 0 fully saturated rings. The van der Waals surface area contributed by atoms with E-state index in [-0.39, 0.29) is 5.41 Å². The Kier molecular flexibility index (Phi) is 8.21. The van der Waals surface area contributed by atoms with E-state index in [1.54, 1.807) is 24.3 Å². The third-order valence-electron chi connectivity index (χ3n) is 6.13. The van der Waals surface area contributed by atoms with Crippen molar-refractivity contribution in [1.82, 2.24) is 10.6 Å². The highest BCUT2D eigenvalue weighted by molar-refractivity contribution is 5.71. The van der Waals surface area contributed by atoms with Crippen molar-refractivity contribution in [2.45, 2.75) is 32.4 Å². The van der Waals surface area contributed by atoms with Gasteiger partial charge in [0.25, 0.3) is 0 Å². The third kappa shape index (κ3) is 7.21. The van der Waals surface area contributed by atoms with Gasteiger partial charge >= 0.3 is 12.2 Å². The zero-order chi connectivity index (χ0) is 26.1. The summed E-state index contributed by atoms with van der Waals surface area (Å²) >= 11 is 0. The lowest BCUT2D eigenvalue weighted by Gasteiger charge is -2.26. The molecule has 37 heavy (non-hydrogen) atoms. The molecule has 6 nitrogen and oxygen atoms in total. The quantitative estimate of drug-likeness (QED) is 0.290. The Hall–Kier alpha value is -4.58. The van der Waals surface area contributed by atoms with Gasteiger partial charge in [0.15, 0.2) is 0 Å². The molecule has 4 aromatic rings. The van der Waals surface area contributed by atoms with Crippen LogP contribution in [-0.4, -0.2) is 12.2 Å². The first-order valence-corrected chi connectivity index (χ1v) is 12.1. The molecule has 4 rings (SSSR count). The average Bonchev–Trinajstić information content (AvgIpc) is 2.92. The average molecular weight is 495 g/mol. The highest BCUT2D eigenvalue weighted by Crippen LogP contribution is 2.33. The molecule has 0 bridgehead atoms. The van der Waals surface area contributed by atoms with E-state index in [4.69, 9.17) is 9.47 Å². The van der Waals surface area contributed by atoms with Crippen molar-refractivity contribution in [1.29, 1.82) is 0 Å². The first-order valence-electron chi connectivity index (χ1n) is 12.1. The summed E-state index contributed by atoms with van der Waals surface area (Å²) in [5.41, 5.74) is 3.79. The van der Waals surface area contributed by atoms with Gasteiger partial charge in [0.1, 0.15) is 11.5 Å². The van der Waals surface area contributed by atoms with Gasteiger partial charge in [-0.1, -0.05) is 98.8 Å². The predicted molar refractivity (Wildman–Crippen MR) is 144 cm³/mol. The Morgan fingerprint density at radius 2 is 0.919 bits per heavy atom. The highest BCUT2D eigenvalue weighted by Gasteiger charge is 2.23. The van der Waals surface area contributed by atoms with Crippen LogP contribution in [0.5, 0.6) is 11.5 Å². The maximum Gasteiger partial charge on any atom is 0.412 e. The number of rotatable bonds is 8. The predicted octanol–water partition coefficient (Wildman–Crippen LogP) is 6.59. The SMILES string of the molecule is CC(C)(c1ccc(OC(=O)NCc2ccccc2)cc1)c1ccc(OC(=O)NCc2ccccc2)cc1. The molecule has 0 saturated carbocycles. The van der Waals surface area contributed by atoms with Gasteiger partial charge in [0.05, 0.1) is 0 Å². The second kappa shape index (κ2) is 11.9. The van der Waals surface area contributed by atoms with Crippen LogP contribution in [0.3, 0.4) is 0 Å². The van der Waals surface area contributed by atoms with Gasteiger partial charge in [-0.05, 0) is 46.5 Å². The van der Waals surface area contributed by atoms with Crippen molar-refractivity contribution in [3.63, 3.8) is 0 Å². The molecular formula is C31H30N2O4. The van der Waals surface area contributed by atoms with E-state index >= 15 is 0 Å². The number of nitrogens with one attached hydrogen (secondary N) is 2. The summed E-state index contributed by atoms with van der Waals surface area (Å²) in [6.45, 7) is 5.02. The molecule has 0 unspecified atom stereocenters. The molecule has 2 N–H and O–H groups in total. The molecule has 0 aliphatic carbocycles. The summed E-state index contributed by atoms with van der Waals surface area (Å²) in [6, 6.07) is 34.2. The van der Waals surface area contributed by atoms with E-state index in [1.165, 1.54) is 0 Å². The Morgan fingerprint density at radius 3 is 1.27 bits per heavy atom. The molecule has 0 aliphatic rings. The van der Waals surface area contributed by atoms with Gasteiger partial charge in [-0.2, -0.15) is 0 Å². The van der Waals surface area contributed by atoms with Crippen LogP contribution in [0.25, 0.3) is 0 Å². The second-order valence-corrected chi connectivity index (χ2v) is 9.13. The van der Waals surface area contributed by atoms with Crippen molar-refractivity contribution in [2.24, 2.45) is 0 Å². The summed E-state index contributed by atoms with van der Waals surface area (Å²) in [5, 5.41) is 5.50. The van der Waals surface area contributed by atoms with Crippen LogP contribution in [-0.2, 0) is 18.5 Å². The number of carbonyl (C=O) groups is 2. The van der Waals surface area contributed by atoms with E-state index in [9.17, 15) is 9.59 Å². The zero-order valence-corrected chi connectivity index (χ0v) is 20.9. The summed E-state index contributed by atoms with van der Waals surface area (Å²) in [4.78, 5) is 24.3. The minimum absolute atomic E-state index is 0.317. The fourth-order valence-electron chi connectivity index (χ4n) is 3.87. The van der Waals surface area contributed by atoms with Crippen LogP contribution < -0.4 is 20.1 Å². The summed E-state index contributed by atoms with van der Waals surface area (Å²) < 4.78 is 10.8. The second-order valence-electron chi connectivity index (χ2n) is 9.13. The van der Waals surface area contributed by atoms with E-state index in [0.29, 0.717) is 24.6 Å². The van der Waals surface area contributed by atoms with Gasteiger partial charge in [0, 0.05) is 18.5 Å². The number of ether oxygens (including phenoxy) is 2. The molecule has 0 saturated heterocycles. The van der Waals surface area contributed by atoms with Crippen molar-refractivity contribution in [3.8, 4) is 11.5 Å². The van der Waals surface area contributed by atoms with Gasteiger partial charge in [0.2, 0.25) is 0 Å². The molecule has 6 heteroatoms. The van der Waals surface area contributed by atoms with Crippen LogP contribution in [0.1, 0.15) is 36.1 Å². The molecular weight excluding hydrogens is 464 g/mol. The first kappa shape index (κ1) is 25.5. The third-order valence-corrected chi connectivity index (χ3v) is 6.13. The molecule has 0 aliphatic heterocycles. The zero-order valence-electron chi connectivity index (χ0n) is 20.9. The smallest absolute Gasteiger partial charge is 0.410 e. The normalized spacial score (nSPS) is 10.9. The fraction of sp³-hybridized carbons (Fsp3) is 0.161. The van der Waals surface area contributed by atoms with Crippen LogP contribution in [0.4, 0.5) is 9.59 Å². The lowest BCUT2D eigenvalue weighted by Crippen LogP contribution is -2.26. The number of hydrogen-bond donors (Lipinski definition) is 2. The van der Waals surface area contributed by atoms with Crippen molar-refractivity contribution >= 4 is 12.2 Å². The molecule has 0 aromatic heterocycles. The van der Waals surface area contributed by atoms with Crippen LogP contribution in [0.15, 0.2) is 109 Å². The lowest BCUT2D eigenvalue weighted by molar-refractivity contribution is 0.199. The van der Waals surface area contributed by atoms with Gasteiger partial charge in [-0.25, -0.2) is 9.59 Å². The molecule has 0 heterocycles. The Morgan fingerprint density at radius 1 is 0.568 bits per heavy atom. The molecule has 0 spiro atoms. The molecule has 4 aromatic carbocycles. The Bertz CT molecular complexity index is 1200. The monoisotopic (exact) mass is 494 g/mol. The van der Waals surface area contributed by atoms with Crippen molar-refractivity contribution in [2.75, 3.05) is 0 Å². The fourth-order valence-corrected chi connectivity index (χ4v) is 3.87. The van der Waals surface area contributed by atoms with Gasteiger partial charge in [-0.3, -0.25) is 0 Å². The highest BCUT2D eigenvalue weighted by atomic mass is 16.6. The van der Waals surface area contributed by atoms with Gasteiger partial charge in [-0.15, -0.1) is 0 Å².